The first-order valence-corrected chi connectivity index (χ1v) is 6.77. The number of halogens is 1. The first-order valence-electron chi connectivity index (χ1n) is 6.77. The predicted octanol–water partition coefficient (Wildman–Crippen LogP) is 3.08. The number of benzene rings is 1. The number of aryl methyl sites for hydroxylation is 1. The maximum Gasteiger partial charge on any atom is 0.293 e. The number of likely N-dealkylation sites (N-methyl/N-ethyl adjacent to an activating group) is 1. The van der Waals surface area contributed by atoms with Crippen LogP contribution in [0.1, 0.15) is 18.3 Å². The van der Waals surface area contributed by atoms with Crippen LogP contribution in [-0.2, 0) is 6.42 Å². The molecule has 1 aromatic carbocycles. The van der Waals surface area contributed by atoms with Gasteiger partial charge in [0.1, 0.15) is 11.4 Å². The fourth-order valence-electron chi connectivity index (χ4n) is 2.20. The highest BCUT2D eigenvalue weighted by Gasteiger charge is 2.19. The third kappa shape index (κ3) is 2.54. The Morgan fingerprint density at radius 1 is 1.38 bits per heavy atom. The second kappa shape index (κ2) is 5.29. The fraction of sp³-hybridized carbons (Fsp3) is 0.333. The molecule has 6 heteroatoms. The third-order valence-corrected chi connectivity index (χ3v) is 3.54. The summed E-state index contributed by atoms with van der Waals surface area (Å²) in [6, 6.07) is 4.66. The summed E-state index contributed by atoms with van der Waals surface area (Å²) in [5.41, 5.74) is 1.40. The Hall–Kier alpha value is -2.21. The average molecular weight is 289 g/mol. The van der Waals surface area contributed by atoms with Gasteiger partial charge in [-0.25, -0.2) is 4.39 Å². The summed E-state index contributed by atoms with van der Waals surface area (Å²) in [6.07, 6.45) is 0.661. The van der Waals surface area contributed by atoms with Crippen molar-refractivity contribution in [2.45, 2.75) is 26.3 Å². The van der Waals surface area contributed by atoms with E-state index in [1.807, 2.05) is 20.9 Å². The zero-order valence-corrected chi connectivity index (χ0v) is 12.1. The quantitative estimate of drug-likeness (QED) is 0.799. The van der Waals surface area contributed by atoms with Gasteiger partial charge in [-0.2, -0.15) is 4.98 Å². The fourth-order valence-corrected chi connectivity index (χ4v) is 2.20. The summed E-state index contributed by atoms with van der Waals surface area (Å²) >= 11 is 0. The van der Waals surface area contributed by atoms with Crippen LogP contribution in [0.25, 0.3) is 22.6 Å². The van der Waals surface area contributed by atoms with Crippen molar-refractivity contribution < 1.29 is 13.3 Å². The molecule has 0 bridgehead atoms. The Balaban J connectivity index is 1.99. The number of hydrogen-bond acceptors (Lipinski definition) is 5. The summed E-state index contributed by atoms with van der Waals surface area (Å²) in [5, 5.41) is 7.78. The molecule has 1 N–H and O–H groups in total. The normalized spacial score (nSPS) is 13.0. The van der Waals surface area contributed by atoms with Gasteiger partial charge in [-0.15, -0.1) is 0 Å². The van der Waals surface area contributed by atoms with Crippen molar-refractivity contribution in [1.82, 2.24) is 15.5 Å². The highest BCUT2D eigenvalue weighted by Crippen LogP contribution is 2.32. The van der Waals surface area contributed by atoms with Gasteiger partial charge in [0.25, 0.3) is 5.89 Å². The average Bonchev–Trinajstić information content (AvgIpc) is 3.04. The van der Waals surface area contributed by atoms with Crippen LogP contribution in [0.2, 0.25) is 0 Å². The molecule has 5 nitrogen and oxygen atoms in total. The summed E-state index contributed by atoms with van der Waals surface area (Å²) in [5.74, 6) is 1.12. The lowest BCUT2D eigenvalue weighted by molar-refractivity contribution is 0.408. The molecule has 0 aliphatic heterocycles. The Bertz CT molecular complexity index is 778. The lowest BCUT2D eigenvalue weighted by Gasteiger charge is -2.04. The van der Waals surface area contributed by atoms with Crippen molar-refractivity contribution in [2.75, 3.05) is 7.05 Å². The van der Waals surface area contributed by atoms with Gasteiger partial charge in [0.15, 0.2) is 11.6 Å². The molecule has 0 amide bonds. The zero-order chi connectivity index (χ0) is 15.0. The van der Waals surface area contributed by atoms with Crippen LogP contribution < -0.4 is 5.32 Å². The minimum atomic E-state index is -0.299. The van der Waals surface area contributed by atoms with Crippen molar-refractivity contribution >= 4 is 11.0 Å². The zero-order valence-electron chi connectivity index (χ0n) is 12.1. The van der Waals surface area contributed by atoms with Crippen LogP contribution >= 0.6 is 0 Å². The smallest absolute Gasteiger partial charge is 0.293 e. The molecule has 2 heterocycles. The molecule has 21 heavy (non-hydrogen) atoms. The molecule has 1 unspecified atom stereocenters. The Morgan fingerprint density at radius 2 is 2.19 bits per heavy atom. The molecule has 0 saturated heterocycles. The molecule has 0 saturated carbocycles. The lowest BCUT2D eigenvalue weighted by atomic mass is 10.1. The molecule has 110 valence electrons. The van der Waals surface area contributed by atoms with E-state index in [9.17, 15) is 4.39 Å². The highest BCUT2D eigenvalue weighted by molar-refractivity contribution is 5.86. The minimum Gasteiger partial charge on any atom is -0.451 e. The van der Waals surface area contributed by atoms with Gasteiger partial charge in [-0.1, -0.05) is 5.16 Å². The molecule has 3 aromatic rings. The second-order valence-corrected chi connectivity index (χ2v) is 5.11. The summed E-state index contributed by atoms with van der Waals surface area (Å²) in [7, 11) is 1.88. The van der Waals surface area contributed by atoms with E-state index < -0.39 is 0 Å². The molecule has 1 atom stereocenters. The third-order valence-electron chi connectivity index (χ3n) is 3.54. The van der Waals surface area contributed by atoms with E-state index in [2.05, 4.69) is 15.5 Å². The van der Waals surface area contributed by atoms with E-state index in [1.165, 1.54) is 12.1 Å². The molecule has 2 aromatic heterocycles. The SMILES string of the molecule is CNC(C)Cc1noc(-c2oc3ccc(F)cc3c2C)n1. The van der Waals surface area contributed by atoms with Gasteiger partial charge in [-0.3, -0.25) is 0 Å². The van der Waals surface area contributed by atoms with E-state index in [0.717, 1.165) is 5.56 Å². The molecular formula is C15H16FN3O2. The predicted molar refractivity (Wildman–Crippen MR) is 76.4 cm³/mol. The topological polar surface area (TPSA) is 64.1 Å². The van der Waals surface area contributed by atoms with E-state index in [0.29, 0.717) is 34.9 Å². The maximum absolute atomic E-state index is 13.3. The maximum atomic E-state index is 13.3. The summed E-state index contributed by atoms with van der Waals surface area (Å²) in [4.78, 5) is 4.34. The highest BCUT2D eigenvalue weighted by atomic mass is 19.1. The molecule has 3 rings (SSSR count). The van der Waals surface area contributed by atoms with Crippen LogP contribution in [0.3, 0.4) is 0 Å². The Kier molecular flexibility index (Phi) is 3.47. The van der Waals surface area contributed by atoms with E-state index in [-0.39, 0.29) is 11.9 Å². The number of nitrogens with one attached hydrogen (secondary N) is 1. The van der Waals surface area contributed by atoms with Gasteiger partial charge in [-0.05, 0) is 39.1 Å². The van der Waals surface area contributed by atoms with Crippen molar-refractivity contribution in [3.63, 3.8) is 0 Å². The van der Waals surface area contributed by atoms with Crippen molar-refractivity contribution in [3.8, 4) is 11.7 Å². The molecule has 0 spiro atoms. The van der Waals surface area contributed by atoms with Crippen LogP contribution in [0.4, 0.5) is 4.39 Å². The monoisotopic (exact) mass is 289 g/mol. The number of nitrogens with zero attached hydrogens (tertiary/aromatic N) is 2. The molecule has 0 radical (unpaired) electrons. The Morgan fingerprint density at radius 3 is 2.95 bits per heavy atom. The number of hydrogen-bond donors (Lipinski definition) is 1. The van der Waals surface area contributed by atoms with E-state index in [4.69, 9.17) is 8.94 Å². The van der Waals surface area contributed by atoms with Crippen molar-refractivity contribution in [3.05, 3.63) is 35.4 Å². The number of aromatic nitrogens is 2. The van der Waals surface area contributed by atoms with Crippen molar-refractivity contribution in [1.29, 1.82) is 0 Å². The van der Waals surface area contributed by atoms with Gasteiger partial charge in [0.2, 0.25) is 0 Å². The molecule has 0 aliphatic carbocycles. The van der Waals surface area contributed by atoms with Crippen molar-refractivity contribution in [2.24, 2.45) is 0 Å². The van der Waals surface area contributed by atoms with Gasteiger partial charge in [0.05, 0.1) is 0 Å². The van der Waals surface area contributed by atoms with Gasteiger partial charge in [0, 0.05) is 23.4 Å². The molecule has 0 aliphatic rings. The summed E-state index contributed by atoms with van der Waals surface area (Å²) in [6.45, 7) is 3.88. The second-order valence-electron chi connectivity index (χ2n) is 5.11. The van der Waals surface area contributed by atoms with E-state index in [1.54, 1.807) is 6.07 Å². The van der Waals surface area contributed by atoms with Gasteiger partial charge < -0.3 is 14.3 Å². The van der Waals surface area contributed by atoms with Gasteiger partial charge >= 0.3 is 0 Å². The lowest BCUT2D eigenvalue weighted by Crippen LogP contribution is -2.24. The van der Waals surface area contributed by atoms with Crippen LogP contribution in [0.5, 0.6) is 0 Å². The molecule has 0 fully saturated rings. The minimum absolute atomic E-state index is 0.251. The first kappa shape index (κ1) is 13.8. The number of rotatable bonds is 4. The number of furan rings is 1. The first-order chi connectivity index (χ1) is 10.1. The van der Waals surface area contributed by atoms with Crippen LogP contribution in [-0.4, -0.2) is 23.2 Å². The molecular weight excluding hydrogens is 273 g/mol. The standard InChI is InChI=1S/C15H16FN3O2/c1-8(17-3)6-13-18-15(21-19-13)14-9(2)11-7-10(16)4-5-12(11)20-14/h4-5,7-8,17H,6H2,1-3H3. The number of fused-ring (bicyclic) bond motifs is 1. The van der Waals surface area contributed by atoms with E-state index >= 15 is 0 Å². The Labute approximate surface area is 121 Å². The van der Waals surface area contributed by atoms with Crippen LogP contribution in [0, 0.1) is 12.7 Å². The van der Waals surface area contributed by atoms with Crippen LogP contribution in [0.15, 0.2) is 27.1 Å². The summed E-state index contributed by atoms with van der Waals surface area (Å²) < 4.78 is 24.3. The largest absolute Gasteiger partial charge is 0.451 e.